The van der Waals surface area contributed by atoms with E-state index in [9.17, 15) is 0 Å². The quantitative estimate of drug-likeness (QED) is 0.907. The van der Waals surface area contributed by atoms with Crippen molar-refractivity contribution >= 4 is 11.6 Å². The van der Waals surface area contributed by atoms with Gasteiger partial charge >= 0.3 is 0 Å². The Bertz CT molecular complexity index is 510. The number of hydrogen-bond acceptors (Lipinski definition) is 3. The average molecular weight is 249 g/mol. The van der Waals surface area contributed by atoms with Gasteiger partial charge in [0, 0.05) is 23.7 Å². The summed E-state index contributed by atoms with van der Waals surface area (Å²) in [5, 5.41) is 8.19. The minimum atomic E-state index is 0.472. The van der Waals surface area contributed by atoms with Crippen molar-refractivity contribution < 1.29 is 4.52 Å². The van der Waals surface area contributed by atoms with Gasteiger partial charge in [-0.25, -0.2) is 0 Å². The molecule has 0 spiro atoms. The van der Waals surface area contributed by atoms with E-state index in [-0.39, 0.29) is 0 Å². The van der Waals surface area contributed by atoms with Crippen molar-refractivity contribution in [1.82, 2.24) is 10.5 Å². The fraction of sp³-hybridized carbons (Fsp3) is 0.308. The largest absolute Gasteiger partial charge is 0.364 e. The van der Waals surface area contributed by atoms with E-state index in [0.29, 0.717) is 6.04 Å². The Hall–Kier alpha value is -1.32. The average Bonchev–Trinajstić information content (AvgIpc) is 2.94. The third-order valence-electron chi connectivity index (χ3n) is 3.16. The molecule has 0 aliphatic heterocycles. The number of aromatic nitrogens is 1. The van der Waals surface area contributed by atoms with Crippen LogP contribution in [0.1, 0.15) is 16.8 Å². The number of nitrogens with zero attached hydrogens (tertiary/aromatic N) is 1. The highest BCUT2D eigenvalue weighted by Crippen LogP contribution is 2.25. The minimum Gasteiger partial charge on any atom is -0.364 e. The summed E-state index contributed by atoms with van der Waals surface area (Å²) >= 11 is 5.99. The van der Waals surface area contributed by atoms with E-state index in [0.717, 1.165) is 30.1 Å². The number of fused-ring (bicyclic) bond motifs is 1. The lowest BCUT2D eigenvalue weighted by Gasteiger charge is -2.09. The summed E-state index contributed by atoms with van der Waals surface area (Å²) < 4.78 is 4.80. The van der Waals surface area contributed by atoms with Crippen molar-refractivity contribution in [2.75, 3.05) is 0 Å². The van der Waals surface area contributed by atoms with Crippen molar-refractivity contribution in [2.45, 2.75) is 25.4 Å². The van der Waals surface area contributed by atoms with E-state index >= 15 is 0 Å². The molecular formula is C13H13ClN2O. The molecule has 1 atom stereocenters. The number of rotatable bonds is 3. The predicted octanol–water partition coefficient (Wildman–Crippen LogP) is 2.59. The predicted molar refractivity (Wildman–Crippen MR) is 66.0 cm³/mol. The van der Waals surface area contributed by atoms with Crippen LogP contribution in [0.15, 0.2) is 35.1 Å². The summed E-state index contributed by atoms with van der Waals surface area (Å²) in [4.78, 5) is 0. The lowest BCUT2D eigenvalue weighted by molar-refractivity contribution is 0.404. The summed E-state index contributed by atoms with van der Waals surface area (Å²) in [5.74, 6) is 0. The second-order valence-corrected chi connectivity index (χ2v) is 4.83. The lowest BCUT2D eigenvalue weighted by Crippen LogP contribution is -2.29. The van der Waals surface area contributed by atoms with Crippen molar-refractivity contribution in [3.05, 3.63) is 52.4 Å². The zero-order chi connectivity index (χ0) is 11.7. The van der Waals surface area contributed by atoms with Crippen LogP contribution in [-0.2, 0) is 19.4 Å². The first-order chi connectivity index (χ1) is 8.31. The Morgan fingerprint density at radius 1 is 1.29 bits per heavy atom. The first kappa shape index (κ1) is 10.8. The molecule has 17 heavy (non-hydrogen) atoms. The van der Waals surface area contributed by atoms with E-state index in [1.165, 1.54) is 11.1 Å². The zero-order valence-corrected chi connectivity index (χ0v) is 10.1. The van der Waals surface area contributed by atoms with Gasteiger partial charge in [-0.15, -0.1) is 0 Å². The normalized spacial score (nSPS) is 18.3. The van der Waals surface area contributed by atoms with Gasteiger partial charge in [-0.1, -0.05) is 22.8 Å². The molecule has 0 amide bonds. The van der Waals surface area contributed by atoms with Gasteiger partial charge in [0.2, 0.25) is 0 Å². The molecule has 0 fully saturated rings. The zero-order valence-electron chi connectivity index (χ0n) is 9.32. The van der Waals surface area contributed by atoms with Crippen molar-refractivity contribution in [3.63, 3.8) is 0 Å². The van der Waals surface area contributed by atoms with Crippen LogP contribution in [0.5, 0.6) is 0 Å². The molecule has 4 heteroatoms. The van der Waals surface area contributed by atoms with Crippen LogP contribution in [0.25, 0.3) is 0 Å². The summed E-state index contributed by atoms with van der Waals surface area (Å²) in [7, 11) is 0. The van der Waals surface area contributed by atoms with E-state index < -0.39 is 0 Å². The Balaban J connectivity index is 1.62. The number of halogens is 1. The van der Waals surface area contributed by atoms with E-state index in [4.69, 9.17) is 16.1 Å². The molecule has 1 aromatic carbocycles. The second-order valence-electron chi connectivity index (χ2n) is 4.39. The molecule has 1 aliphatic carbocycles. The van der Waals surface area contributed by atoms with E-state index in [1.54, 1.807) is 6.26 Å². The standard InChI is InChI=1S/C13H13ClN2O/c14-11-2-1-9-6-13(7-10(9)5-11)15-8-12-3-4-17-16-12/h1-5,13,15H,6-8H2. The van der Waals surface area contributed by atoms with Crippen molar-refractivity contribution in [2.24, 2.45) is 0 Å². The van der Waals surface area contributed by atoms with Crippen LogP contribution in [0.4, 0.5) is 0 Å². The van der Waals surface area contributed by atoms with Crippen LogP contribution in [0, 0.1) is 0 Å². The maximum absolute atomic E-state index is 5.99. The van der Waals surface area contributed by atoms with Crippen LogP contribution < -0.4 is 5.32 Å². The number of nitrogens with one attached hydrogen (secondary N) is 1. The smallest absolute Gasteiger partial charge is 0.124 e. The lowest BCUT2D eigenvalue weighted by atomic mass is 10.1. The van der Waals surface area contributed by atoms with Crippen LogP contribution in [0.2, 0.25) is 5.02 Å². The highest BCUT2D eigenvalue weighted by Gasteiger charge is 2.21. The molecule has 88 valence electrons. The molecular weight excluding hydrogens is 236 g/mol. The third kappa shape index (κ3) is 2.35. The fourth-order valence-electron chi connectivity index (χ4n) is 2.31. The maximum atomic E-state index is 5.99. The Morgan fingerprint density at radius 3 is 3.00 bits per heavy atom. The highest BCUT2D eigenvalue weighted by atomic mass is 35.5. The van der Waals surface area contributed by atoms with E-state index in [2.05, 4.69) is 22.6 Å². The Labute approximate surface area is 105 Å². The summed E-state index contributed by atoms with van der Waals surface area (Å²) in [6.07, 6.45) is 3.69. The molecule has 0 bridgehead atoms. The van der Waals surface area contributed by atoms with Gasteiger partial charge in [-0.3, -0.25) is 0 Å². The minimum absolute atomic E-state index is 0.472. The molecule has 2 aromatic rings. The molecule has 0 radical (unpaired) electrons. The van der Waals surface area contributed by atoms with Gasteiger partial charge in [-0.05, 0) is 36.1 Å². The van der Waals surface area contributed by atoms with Crippen LogP contribution in [-0.4, -0.2) is 11.2 Å². The first-order valence-corrected chi connectivity index (χ1v) is 6.09. The van der Waals surface area contributed by atoms with Crippen LogP contribution in [0.3, 0.4) is 0 Å². The highest BCUT2D eigenvalue weighted by molar-refractivity contribution is 6.30. The Morgan fingerprint density at radius 2 is 2.18 bits per heavy atom. The monoisotopic (exact) mass is 248 g/mol. The van der Waals surface area contributed by atoms with Gasteiger partial charge in [-0.2, -0.15) is 0 Å². The maximum Gasteiger partial charge on any atom is 0.124 e. The second kappa shape index (κ2) is 4.51. The Kier molecular flexibility index (Phi) is 2.87. The van der Waals surface area contributed by atoms with Gasteiger partial charge < -0.3 is 9.84 Å². The molecule has 1 aromatic heterocycles. The molecule has 1 unspecified atom stereocenters. The molecule has 0 saturated heterocycles. The van der Waals surface area contributed by atoms with Crippen molar-refractivity contribution in [1.29, 1.82) is 0 Å². The van der Waals surface area contributed by atoms with E-state index in [1.807, 2.05) is 12.1 Å². The van der Waals surface area contributed by atoms with Gasteiger partial charge in [0.25, 0.3) is 0 Å². The number of hydrogen-bond donors (Lipinski definition) is 1. The topological polar surface area (TPSA) is 38.1 Å². The molecule has 0 saturated carbocycles. The summed E-state index contributed by atoms with van der Waals surface area (Å²) in [6, 6.07) is 8.50. The molecule has 1 heterocycles. The SMILES string of the molecule is Clc1ccc2c(c1)CC(NCc1ccon1)C2. The summed E-state index contributed by atoms with van der Waals surface area (Å²) in [5.41, 5.74) is 3.70. The summed E-state index contributed by atoms with van der Waals surface area (Å²) in [6.45, 7) is 0.753. The van der Waals surface area contributed by atoms with Gasteiger partial charge in [0.15, 0.2) is 0 Å². The first-order valence-electron chi connectivity index (χ1n) is 5.71. The molecule has 3 nitrogen and oxygen atoms in total. The van der Waals surface area contributed by atoms with Gasteiger partial charge in [0.1, 0.15) is 6.26 Å². The van der Waals surface area contributed by atoms with Crippen molar-refractivity contribution in [3.8, 4) is 0 Å². The molecule has 1 aliphatic rings. The number of benzene rings is 1. The molecule has 3 rings (SSSR count). The van der Waals surface area contributed by atoms with Crippen LogP contribution >= 0.6 is 11.6 Å². The fourth-order valence-corrected chi connectivity index (χ4v) is 2.50. The third-order valence-corrected chi connectivity index (χ3v) is 3.40. The molecule has 1 N–H and O–H groups in total. The van der Waals surface area contributed by atoms with Gasteiger partial charge in [0.05, 0.1) is 5.69 Å².